The van der Waals surface area contributed by atoms with Crippen molar-refractivity contribution in [1.82, 2.24) is 4.31 Å². The Morgan fingerprint density at radius 1 is 1.00 bits per heavy atom. The minimum absolute atomic E-state index is 0.328. The average molecular weight is 369 g/mol. The molecule has 0 amide bonds. The van der Waals surface area contributed by atoms with Crippen molar-refractivity contribution < 1.29 is 17.7 Å². The number of nitrogens with zero attached hydrogens (tertiary/aromatic N) is 1. The molecule has 0 unspecified atom stereocenters. The fourth-order valence-electron chi connectivity index (χ4n) is 2.71. The standard InChI is InChI=1S/C16H24BNO4S2/c1-15(2)16(3,4)22-17(21-15)13-5-7-14(8-6-13)24(19,20)18-9-11-23-12-10-18/h5-8H,9-12H2,1-4H3. The Kier molecular flexibility index (Phi) is 4.81. The van der Waals surface area contributed by atoms with Gasteiger partial charge in [0.05, 0.1) is 16.1 Å². The Hall–Kier alpha value is -0.535. The van der Waals surface area contributed by atoms with Gasteiger partial charge in [0.1, 0.15) is 0 Å². The summed E-state index contributed by atoms with van der Waals surface area (Å²) in [4.78, 5) is 0.328. The first-order chi connectivity index (χ1) is 11.1. The summed E-state index contributed by atoms with van der Waals surface area (Å²) in [6.07, 6.45) is 0. The number of benzene rings is 1. The molecule has 2 aliphatic heterocycles. The zero-order valence-corrected chi connectivity index (χ0v) is 16.2. The van der Waals surface area contributed by atoms with Crippen molar-refractivity contribution in [3.63, 3.8) is 0 Å². The Balaban J connectivity index is 1.79. The van der Waals surface area contributed by atoms with E-state index in [9.17, 15) is 8.42 Å². The van der Waals surface area contributed by atoms with Gasteiger partial charge in [-0.3, -0.25) is 0 Å². The van der Waals surface area contributed by atoms with Crippen LogP contribution in [0.5, 0.6) is 0 Å². The molecule has 5 nitrogen and oxygen atoms in total. The lowest BCUT2D eigenvalue weighted by Gasteiger charge is -2.32. The van der Waals surface area contributed by atoms with Crippen molar-refractivity contribution >= 4 is 34.4 Å². The first-order valence-corrected chi connectivity index (χ1v) is 10.8. The zero-order valence-electron chi connectivity index (χ0n) is 14.6. The van der Waals surface area contributed by atoms with E-state index in [-0.39, 0.29) is 0 Å². The molecule has 0 N–H and O–H groups in total. The van der Waals surface area contributed by atoms with Crippen LogP contribution in [0.15, 0.2) is 29.2 Å². The Morgan fingerprint density at radius 2 is 1.50 bits per heavy atom. The Morgan fingerprint density at radius 3 is 2.00 bits per heavy atom. The lowest BCUT2D eigenvalue weighted by Crippen LogP contribution is -2.41. The van der Waals surface area contributed by atoms with E-state index in [2.05, 4.69) is 0 Å². The van der Waals surface area contributed by atoms with E-state index in [0.717, 1.165) is 17.0 Å². The minimum atomic E-state index is -3.41. The third-order valence-electron chi connectivity index (χ3n) is 5.01. The molecule has 0 bridgehead atoms. The van der Waals surface area contributed by atoms with Gasteiger partial charge in [0.25, 0.3) is 0 Å². The average Bonchev–Trinajstić information content (AvgIpc) is 2.76. The van der Waals surface area contributed by atoms with Gasteiger partial charge < -0.3 is 9.31 Å². The summed E-state index contributed by atoms with van der Waals surface area (Å²) < 4.78 is 38.9. The third-order valence-corrected chi connectivity index (χ3v) is 7.87. The van der Waals surface area contributed by atoms with Crippen LogP contribution in [0.3, 0.4) is 0 Å². The summed E-state index contributed by atoms with van der Waals surface area (Å²) in [5.41, 5.74) is 0.0173. The third kappa shape index (κ3) is 3.27. The van der Waals surface area contributed by atoms with Gasteiger partial charge in [-0.1, -0.05) is 12.1 Å². The largest absolute Gasteiger partial charge is 0.494 e. The summed E-state index contributed by atoms with van der Waals surface area (Å²) in [6, 6.07) is 6.87. The van der Waals surface area contributed by atoms with Crippen LogP contribution in [-0.4, -0.2) is 55.6 Å². The second-order valence-corrected chi connectivity index (χ2v) is 10.3. The topological polar surface area (TPSA) is 55.8 Å². The van der Waals surface area contributed by atoms with Crippen LogP contribution in [0.1, 0.15) is 27.7 Å². The van der Waals surface area contributed by atoms with E-state index in [1.165, 1.54) is 0 Å². The van der Waals surface area contributed by atoms with Gasteiger partial charge in [-0.15, -0.1) is 0 Å². The molecule has 2 aliphatic rings. The lowest BCUT2D eigenvalue weighted by atomic mass is 9.79. The van der Waals surface area contributed by atoms with Crippen LogP contribution in [0.25, 0.3) is 0 Å². The van der Waals surface area contributed by atoms with E-state index in [0.29, 0.717) is 18.0 Å². The van der Waals surface area contributed by atoms with Crippen molar-refractivity contribution in [2.45, 2.75) is 43.8 Å². The highest BCUT2D eigenvalue weighted by Gasteiger charge is 2.51. The molecule has 2 heterocycles. The molecule has 0 saturated carbocycles. The molecule has 8 heteroatoms. The molecule has 3 rings (SSSR count). The van der Waals surface area contributed by atoms with Crippen molar-refractivity contribution in [3.05, 3.63) is 24.3 Å². The fourth-order valence-corrected chi connectivity index (χ4v) is 5.29. The Bertz CT molecular complexity index is 681. The molecular formula is C16H24BNO4S2. The van der Waals surface area contributed by atoms with E-state index in [4.69, 9.17) is 9.31 Å². The monoisotopic (exact) mass is 369 g/mol. The van der Waals surface area contributed by atoms with E-state index < -0.39 is 28.3 Å². The zero-order chi connectivity index (χ0) is 17.6. The van der Waals surface area contributed by atoms with Crippen LogP contribution >= 0.6 is 11.8 Å². The second kappa shape index (κ2) is 6.32. The molecule has 0 aromatic heterocycles. The molecule has 0 atom stereocenters. The van der Waals surface area contributed by atoms with Crippen molar-refractivity contribution in [1.29, 1.82) is 0 Å². The molecule has 2 fully saturated rings. The van der Waals surface area contributed by atoms with Crippen molar-refractivity contribution in [2.75, 3.05) is 24.6 Å². The first kappa shape index (κ1) is 18.3. The van der Waals surface area contributed by atoms with E-state index in [1.807, 2.05) is 27.7 Å². The normalized spacial score (nSPS) is 24.2. The SMILES string of the molecule is CC1(C)OB(c2ccc(S(=O)(=O)N3CCSCC3)cc2)OC1(C)C. The van der Waals surface area contributed by atoms with Crippen LogP contribution in [0.4, 0.5) is 0 Å². The number of hydrogen-bond acceptors (Lipinski definition) is 5. The maximum Gasteiger partial charge on any atom is 0.494 e. The predicted octanol–water partition coefficient (Wildman–Crippen LogP) is 1.72. The van der Waals surface area contributed by atoms with Gasteiger partial charge in [-0.25, -0.2) is 8.42 Å². The molecule has 1 aromatic rings. The molecule has 2 saturated heterocycles. The second-order valence-electron chi connectivity index (χ2n) is 7.17. The van der Waals surface area contributed by atoms with Crippen LogP contribution in [-0.2, 0) is 19.3 Å². The van der Waals surface area contributed by atoms with Crippen molar-refractivity contribution in [2.24, 2.45) is 0 Å². The maximum atomic E-state index is 12.7. The number of thioether (sulfide) groups is 1. The summed E-state index contributed by atoms with van der Waals surface area (Å²) in [7, 11) is -3.88. The van der Waals surface area contributed by atoms with Gasteiger partial charge in [0.15, 0.2) is 0 Å². The van der Waals surface area contributed by atoms with Gasteiger partial charge in [0.2, 0.25) is 10.0 Å². The molecule has 0 aliphatic carbocycles. The fraction of sp³-hybridized carbons (Fsp3) is 0.625. The molecule has 132 valence electrons. The number of hydrogen-bond donors (Lipinski definition) is 0. The molecule has 1 aromatic carbocycles. The van der Waals surface area contributed by atoms with Gasteiger partial charge in [-0.2, -0.15) is 16.1 Å². The highest BCUT2D eigenvalue weighted by atomic mass is 32.2. The minimum Gasteiger partial charge on any atom is -0.399 e. The van der Waals surface area contributed by atoms with Crippen LogP contribution in [0.2, 0.25) is 0 Å². The smallest absolute Gasteiger partial charge is 0.399 e. The summed E-state index contributed by atoms with van der Waals surface area (Å²) in [5, 5.41) is 0. The van der Waals surface area contributed by atoms with Crippen LogP contribution < -0.4 is 5.46 Å². The number of rotatable bonds is 3. The van der Waals surface area contributed by atoms with E-state index in [1.54, 1.807) is 40.3 Å². The lowest BCUT2D eigenvalue weighted by molar-refractivity contribution is 0.00578. The molecule has 0 radical (unpaired) electrons. The predicted molar refractivity (Wildman–Crippen MR) is 98.2 cm³/mol. The molecular weight excluding hydrogens is 345 g/mol. The van der Waals surface area contributed by atoms with Gasteiger partial charge >= 0.3 is 7.12 Å². The summed E-state index contributed by atoms with van der Waals surface area (Å²) in [5.74, 6) is 1.70. The van der Waals surface area contributed by atoms with Crippen LogP contribution in [0, 0.1) is 0 Å². The first-order valence-electron chi connectivity index (χ1n) is 8.17. The quantitative estimate of drug-likeness (QED) is 0.760. The van der Waals surface area contributed by atoms with Gasteiger partial charge in [-0.05, 0) is 45.3 Å². The molecule has 0 spiro atoms. The maximum absolute atomic E-state index is 12.7. The van der Waals surface area contributed by atoms with Crippen molar-refractivity contribution in [3.8, 4) is 0 Å². The summed E-state index contributed by atoms with van der Waals surface area (Å²) in [6.45, 7) is 9.15. The molecule has 24 heavy (non-hydrogen) atoms. The highest BCUT2D eigenvalue weighted by molar-refractivity contribution is 7.99. The van der Waals surface area contributed by atoms with E-state index >= 15 is 0 Å². The highest BCUT2D eigenvalue weighted by Crippen LogP contribution is 2.36. The Labute approximate surface area is 149 Å². The van der Waals surface area contributed by atoms with Gasteiger partial charge in [0, 0.05) is 24.6 Å². The number of sulfonamides is 1. The summed E-state index contributed by atoms with van der Waals surface area (Å²) >= 11 is 1.79.